The summed E-state index contributed by atoms with van der Waals surface area (Å²) < 4.78 is 7.51. The van der Waals surface area contributed by atoms with E-state index < -0.39 is 0 Å². The smallest absolute Gasteiger partial charge is 0.266 e. The highest BCUT2D eigenvalue weighted by Crippen LogP contribution is 2.22. The minimum absolute atomic E-state index is 0.0415. The van der Waals surface area contributed by atoms with Crippen LogP contribution in [0.1, 0.15) is 12.0 Å². The van der Waals surface area contributed by atoms with Crippen LogP contribution in [0.25, 0.3) is 16.6 Å². The summed E-state index contributed by atoms with van der Waals surface area (Å²) >= 11 is 1.58. The first-order valence-electron chi connectivity index (χ1n) is 9.62. The normalized spacial score (nSPS) is 10.9. The molecule has 0 aliphatic carbocycles. The lowest BCUT2D eigenvalue weighted by Crippen LogP contribution is -2.21. The number of benzene rings is 3. The molecule has 4 rings (SSSR count). The quantitative estimate of drug-likeness (QED) is 0.240. The van der Waals surface area contributed by atoms with Gasteiger partial charge in [0.05, 0.1) is 23.2 Å². The first-order chi connectivity index (χ1) is 14.2. The molecule has 4 nitrogen and oxygen atoms in total. The molecule has 29 heavy (non-hydrogen) atoms. The maximum atomic E-state index is 13.1. The van der Waals surface area contributed by atoms with E-state index in [1.807, 2.05) is 78.9 Å². The maximum absolute atomic E-state index is 13.1. The Bertz CT molecular complexity index is 1160. The number of ether oxygens (including phenoxy) is 1. The lowest BCUT2D eigenvalue weighted by molar-refractivity contribution is 0.318. The second-order valence-electron chi connectivity index (χ2n) is 6.75. The summed E-state index contributed by atoms with van der Waals surface area (Å²) in [4.78, 5) is 17.9. The Hall–Kier alpha value is -3.05. The highest BCUT2D eigenvalue weighted by atomic mass is 32.2. The third-order valence-corrected chi connectivity index (χ3v) is 5.59. The highest BCUT2D eigenvalue weighted by Gasteiger charge is 2.12. The molecule has 0 spiro atoms. The van der Waals surface area contributed by atoms with E-state index in [2.05, 4.69) is 6.92 Å². The van der Waals surface area contributed by atoms with Crippen molar-refractivity contribution in [2.24, 2.45) is 0 Å². The Morgan fingerprint density at radius 3 is 2.45 bits per heavy atom. The number of hydrogen-bond acceptors (Lipinski definition) is 4. The summed E-state index contributed by atoms with van der Waals surface area (Å²) in [6.07, 6.45) is 0.857. The van der Waals surface area contributed by atoms with Crippen LogP contribution in [0, 0.1) is 6.92 Å². The van der Waals surface area contributed by atoms with E-state index in [-0.39, 0.29) is 5.56 Å². The van der Waals surface area contributed by atoms with E-state index >= 15 is 0 Å². The zero-order valence-electron chi connectivity index (χ0n) is 16.2. The SMILES string of the molecule is Cc1ccc(OCCCSc2nc3ccccc3c(=O)n2-c2ccccc2)cc1. The third kappa shape index (κ3) is 4.51. The average Bonchev–Trinajstić information content (AvgIpc) is 2.75. The zero-order chi connectivity index (χ0) is 20.1. The summed E-state index contributed by atoms with van der Waals surface area (Å²) in [5.74, 6) is 1.69. The highest BCUT2D eigenvalue weighted by molar-refractivity contribution is 7.99. The largest absolute Gasteiger partial charge is 0.494 e. The van der Waals surface area contributed by atoms with Crippen molar-refractivity contribution in [3.05, 3.63) is 94.8 Å². The van der Waals surface area contributed by atoms with E-state index in [1.165, 1.54) is 5.56 Å². The molecule has 0 N–H and O–H groups in total. The van der Waals surface area contributed by atoms with Crippen LogP contribution in [0.3, 0.4) is 0 Å². The van der Waals surface area contributed by atoms with Gasteiger partial charge in [0.15, 0.2) is 5.16 Å². The van der Waals surface area contributed by atoms with Crippen molar-refractivity contribution in [1.29, 1.82) is 0 Å². The fourth-order valence-corrected chi connectivity index (χ4v) is 3.99. The Balaban J connectivity index is 1.51. The van der Waals surface area contributed by atoms with Crippen molar-refractivity contribution in [2.45, 2.75) is 18.5 Å². The predicted octanol–water partition coefficient (Wildman–Crippen LogP) is 5.26. The number of hydrogen-bond donors (Lipinski definition) is 0. The zero-order valence-corrected chi connectivity index (χ0v) is 17.1. The van der Waals surface area contributed by atoms with Crippen LogP contribution in [0.2, 0.25) is 0 Å². The molecule has 0 bridgehead atoms. The molecule has 0 amide bonds. The van der Waals surface area contributed by atoms with Gasteiger partial charge in [-0.05, 0) is 49.7 Å². The monoisotopic (exact) mass is 402 g/mol. The summed E-state index contributed by atoms with van der Waals surface area (Å²) in [5.41, 5.74) is 2.73. The molecule has 0 saturated heterocycles. The lowest BCUT2D eigenvalue weighted by atomic mass is 10.2. The molecule has 0 aliphatic heterocycles. The van der Waals surface area contributed by atoms with Gasteiger partial charge in [-0.25, -0.2) is 4.98 Å². The fourth-order valence-electron chi connectivity index (χ4n) is 3.06. The second-order valence-corrected chi connectivity index (χ2v) is 7.81. The van der Waals surface area contributed by atoms with Crippen molar-refractivity contribution in [1.82, 2.24) is 9.55 Å². The Kier molecular flexibility index (Phi) is 5.96. The first kappa shape index (κ1) is 19.3. The molecule has 0 fully saturated rings. The first-order valence-corrected chi connectivity index (χ1v) is 10.6. The topological polar surface area (TPSA) is 44.1 Å². The molecule has 5 heteroatoms. The van der Waals surface area contributed by atoms with Crippen molar-refractivity contribution in [3.63, 3.8) is 0 Å². The van der Waals surface area contributed by atoms with Crippen molar-refractivity contribution in [2.75, 3.05) is 12.4 Å². The standard InChI is InChI=1S/C24H22N2O2S/c1-18-12-14-20(15-13-18)28-16-7-17-29-24-25-22-11-6-5-10-21(22)23(27)26(24)19-8-3-2-4-9-19/h2-6,8-15H,7,16-17H2,1H3. The van der Waals surface area contributed by atoms with Crippen molar-refractivity contribution in [3.8, 4) is 11.4 Å². The molecular formula is C24H22N2O2S. The van der Waals surface area contributed by atoms with Gasteiger partial charge in [0.25, 0.3) is 5.56 Å². The van der Waals surface area contributed by atoms with Gasteiger partial charge in [-0.15, -0.1) is 0 Å². The summed E-state index contributed by atoms with van der Waals surface area (Å²) in [5, 5.41) is 1.33. The van der Waals surface area contributed by atoms with Crippen LogP contribution >= 0.6 is 11.8 Å². The number of nitrogens with zero attached hydrogens (tertiary/aromatic N) is 2. The van der Waals surface area contributed by atoms with Crippen LogP contribution in [-0.2, 0) is 0 Å². The van der Waals surface area contributed by atoms with Gasteiger partial charge in [-0.2, -0.15) is 0 Å². The minimum atomic E-state index is -0.0415. The number of fused-ring (bicyclic) bond motifs is 1. The van der Waals surface area contributed by atoms with Crippen LogP contribution in [-0.4, -0.2) is 21.9 Å². The number of aromatic nitrogens is 2. The maximum Gasteiger partial charge on any atom is 0.266 e. The Morgan fingerprint density at radius 2 is 1.66 bits per heavy atom. The molecular weight excluding hydrogens is 380 g/mol. The van der Waals surface area contributed by atoms with Crippen LogP contribution < -0.4 is 10.3 Å². The molecule has 0 atom stereocenters. The number of rotatable bonds is 7. The lowest BCUT2D eigenvalue weighted by Gasteiger charge is -2.13. The molecule has 0 saturated carbocycles. The van der Waals surface area contributed by atoms with Crippen LogP contribution in [0.4, 0.5) is 0 Å². The Morgan fingerprint density at radius 1 is 0.931 bits per heavy atom. The average molecular weight is 403 g/mol. The third-order valence-electron chi connectivity index (χ3n) is 4.57. The molecule has 1 heterocycles. The van der Waals surface area contributed by atoms with E-state index in [1.54, 1.807) is 16.3 Å². The van der Waals surface area contributed by atoms with Gasteiger partial charge >= 0.3 is 0 Å². The molecule has 0 radical (unpaired) electrons. The van der Waals surface area contributed by atoms with Crippen molar-refractivity contribution >= 4 is 22.7 Å². The number of thioether (sulfide) groups is 1. The molecule has 0 aliphatic rings. The number of para-hydroxylation sites is 2. The van der Waals surface area contributed by atoms with Crippen LogP contribution in [0.5, 0.6) is 5.75 Å². The molecule has 4 aromatic rings. The minimum Gasteiger partial charge on any atom is -0.494 e. The molecule has 146 valence electrons. The van der Waals surface area contributed by atoms with E-state index in [9.17, 15) is 4.79 Å². The van der Waals surface area contributed by atoms with Gasteiger partial charge in [0, 0.05) is 5.75 Å². The second kappa shape index (κ2) is 8.97. The van der Waals surface area contributed by atoms with Crippen molar-refractivity contribution < 1.29 is 4.74 Å². The molecule has 0 unspecified atom stereocenters. The van der Waals surface area contributed by atoms with Gasteiger partial charge in [-0.3, -0.25) is 9.36 Å². The predicted molar refractivity (Wildman–Crippen MR) is 119 cm³/mol. The fraction of sp³-hybridized carbons (Fsp3) is 0.167. The van der Waals surface area contributed by atoms with E-state index in [0.717, 1.165) is 29.1 Å². The van der Waals surface area contributed by atoms with Gasteiger partial charge < -0.3 is 4.74 Å². The molecule has 3 aromatic carbocycles. The van der Waals surface area contributed by atoms with Gasteiger partial charge in [-0.1, -0.05) is 59.8 Å². The van der Waals surface area contributed by atoms with Gasteiger partial charge in [0.2, 0.25) is 0 Å². The Labute approximate surface area is 174 Å². The summed E-state index contributed by atoms with van der Waals surface area (Å²) in [6.45, 7) is 2.68. The van der Waals surface area contributed by atoms with Crippen LogP contribution in [0.15, 0.2) is 88.8 Å². The summed E-state index contributed by atoms with van der Waals surface area (Å²) in [7, 11) is 0. The molecule has 1 aromatic heterocycles. The van der Waals surface area contributed by atoms with E-state index in [4.69, 9.17) is 9.72 Å². The summed E-state index contributed by atoms with van der Waals surface area (Å²) in [6, 6.07) is 25.2. The van der Waals surface area contributed by atoms with E-state index in [0.29, 0.717) is 17.1 Å². The number of aryl methyl sites for hydroxylation is 1. The van der Waals surface area contributed by atoms with Gasteiger partial charge in [0.1, 0.15) is 5.75 Å².